The first-order valence-corrected chi connectivity index (χ1v) is 13.8. The van der Waals surface area contributed by atoms with E-state index in [1.165, 1.54) is 7.11 Å². The van der Waals surface area contributed by atoms with Gasteiger partial charge in [0.2, 0.25) is 5.91 Å². The average molecular weight is 546 g/mol. The topological polar surface area (TPSA) is 110 Å². The van der Waals surface area contributed by atoms with Crippen molar-refractivity contribution in [3.05, 3.63) is 66.2 Å². The van der Waals surface area contributed by atoms with Crippen molar-refractivity contribution in [3.63, 3.8) is 0 Å². The molecule has 8 nitrogen and oxygen atoms in total. The summed E-state index contributed by atoms with van der Waals surface area (Å²) in [6.07, 6.45) is 3.31. The second-order valence-corrected chi connectivity index (χ2v) is 11.1. The highest BCUT2D eigenvalue weighted by molar-refractivity contribution is 5.91. The summed E-state index contributed by atoms with van der Waals surface area (Å²) >= 11 is 0. The molecular weight excluding hydrogens is 509 g/mol. The van der Waals surface area contributed by atoms with Crippen LogP contribution >= 0.6 is 0 Å². The van der Waals surface area contributed by atoms with Crippen molar-refractivity contribution >= 4 is 17.8 Å². The van der Waals surface area contributed by atoms with Crippen LogP contribution in [0.4, 0.5) is 15.0 Å². The molecule has 40 heavy (non-hydrogen) atoms. The van der Waals surface area contributed by atoms with Crippen molar-refractivity contribution in [2.45, 2.75) is 62.7 Å². The molecule has 9 heteroatoms. The number of anilines is 1. The molecule has 0 saturated heterocycles. The maximum absolute atomic E-state index is 13.5. The van der Waals surface area contributed by atoms with Crippen LogP contribution in [0.15, 0.2) is 60.7 Å². The SMILES string of the molecule is COC(=O)N(C)C1CCC(CC(=O)Nc2cc(-c3ccccc3)c(-c3ccc([C@]4(N)C[C@H](F)C4)cc3)nn2)CC1. The fourth-order valence-corrected chi connectivity index (χ4v) is 5.92. The summed E-state index contributed by atoms with van der Waals surface area (Å²) in [5.74, 6) is 0.540. The number of halogens is 1. The van der Waals surface area contributed by atoms with E-state index in [9.17, 15) is 14.0 Å². The number of nitrogens with one attached hydrogen (secondary N) is 1. The van der Waals surface area contributed by atoms with E-state index >= 15 is 0 Å². The van der Waals surface area contributed by atoms with Gasteiger partial charge in [0.05, 0.1) is 7.11 Å². The number of nitrogens with zero attached hydrogens (tertiary/aromatic N) is 3. The molecule has 1 aromatic heterocycles. The summed E-state index contributed by atoms with van der Waals surface area (Å²) in [6, 6.07) is 19.6. The lowest BCUT2D eigenvalue weighted by Crippen LogP contribution is -2.50. The Kier molecular flexibility index (Phi) is 8.12. The van der Waals surface area contributed by atoms with Crippen LogP contribution in [0.3, 0.4) is 0 Å². The lowest BCUT2D eigenvalue weighted by atomic mass is 9.71. The normalized spacial score (nSPS) is 24.1. The largest absolute Gasteiger partial charge is 0.453 e. The van der Waals surface area contributed by atoms with Crippen molar-refractivity contribution in [1.82, 2.24) is 15.1 Å². The Morgan fingerprint density at radius 2 is 1.70 bits per heavy atom. The van der Waals surface area contributed by atoms with Crippen molar-refractivity contribution in [1.29, 1.82) is 0 Å². The quantitative estimate of drug-likeness (QED) is 0.395. The maximum atomic E-state index is 13.5. The second kappa shape index (κ2) is 11.7. The number of alkyl halides is 1. The average Bonchev–Trinajstić information content (AvgIpc) is 2.96. The summed E-state index contributed by atoms with van der Waals surface area (Å²) in [7, 11) is 3.14. The lowest BCUT2D eigenvalue weighted by molar-refractivity contribution is -0.117. The molecule has 0 radical (unpaired) electrons. The number of ether oxygens (including phenoxy) is 1. The Bertz CT molecular complexity index is 1340. The van der Waals surface area contributed by atoms with E-state index in [0.717, 1.165) is 47.9 Å². The first-order chi connectivity index (χ1) is 19.3. The lowest BCUT2D eigenvalue weighted by Gasteiger charge is -2.41. The summed E-state index contributed by atoms with van der Waals surface area (Å²) in [5, 5.41) is 11.8. The van der Waals surface area contributed by atoms with Crippen molar-refractivity contribution in [2.24, 2.45) is 11.7 Å². The van der Waals surface area contributed by atoms with Gasteiger partial charge in [0, 0.05) is 49.0 Å². The molecule has 2 aromatic carbocycles. The van der Waals surface area contributed by atoms with Gasteiger partial charge in [0.25, 0.3) is 0 Å². The monoisotopic (exact) mass is 545 g/mol. The molecule has 2 aliphatic rings. The van der Waals surface area contributed by atoms with E-state index in [1.807, 2.05) is 60.7 Å². The molecule has 2 saturated carbocycles. The number of hydrogen-bond donors (Lipinski definition) is 2. The molecule has 2 fully saturated rings. The third kappa shape index (κ3) is 5.99. The number of carbonyl (C=O) groups excluding carboxylic acids is 2. The van der Waals surface area contributed by atoms with Crippen LogP contribution < -0.4 is 11.1 Å². The van der Waals surface area contributed by atoms with Crippen LogP contribution in [-0.4, -0.2) is 53.5 Å². The Morgan fingerprint density at radius 3 is 2.33 bits per heavy atom. The molecule has 0 atom stereocenters. The minimum Gasteiger partial charge on any atom is -0.453 e. The number of aromatic nitrogens is 2. The van der Waals surface area contributed by atoms with Gasteiger partial charge in [-0.05, 0) is 48.8 Å². The fraction of sp³-hybridized carbons (Fsp3) is 0.419. The number of rotatable bonds is 7. The molecule has 2 amide bonds. The van der Waals surface area contributed by atoms with E-state index in [1.54, 1.807) is 11.9 Å². The Hall–Kier alpha value is -3.85. The van der Waals surface area contributed by atoms with Crippen molar-refractivity contribution in [2.75, 3.05) is 19.5 Å². The zero-order valence-electron chi connectivity index (χ0n) is 23.0. The number of carbonyl (C=O) groups is 2. The van der Waals surface area contributed by atoms with Crippen LogP contribution in [0.25, 0.3) is 22.4 Å². The van der Waals surface area contributed by atoms with Gasteiger partial charge < -0.3 is 20.7 Å². The van der Waals surface area contributed by atoms with Gasteiger partial charge in [-0.1, -0.05) is 54.6 Å². The summed E-state index contributed by atoms with van der Waals surface area (Å²) in [5.41, 5.74) is 10.0. The predicted octanol–water partition coefficient (Wildman–Crippen LogP) is 5.68. The predicted molar refractivity (Wildman–Crippen MR) is 152 cm³/mol. The molecule has 210 valence electrons. The molecule has 3 aromatic rings. The number of nitrogens with two attached hydrogens (primary N) is 1. The van der Waals surface area contributed by atoms with E-state index in [4.69, 9.17) is 10.5 Å². The van der Waals surface area contributed by atoms with Gasteiger partial charge >= 0.3 is 6.09 Å². The molecular formula is C31H36FN5O3. The molecule has 0 unspecified atom stereocenters. The first kappa shape index (κ1) is 27.7. The number of amides is 2. The molecule has 1 heterocycles. The molecule has 3 N–H and O–H groups in total. The number of benzene rings is 2. The van der Waals surface area contributed by atoms with Crippen LogP contribution in [0.1, 0.15) is 50.5 Å². The highest BCUT2D eigenvalue weighted by atomic mass is 19.1. The zero-order chi connectivity index (χ0) is 28.3. The van der Waals surface area contributed by atoms with Gasteiger partial charge in [0.15, 0.2) is 5.82 Å². The van der Waals surface area contributed by atoms with Crippen LogP contribution in [0, 0.1) is 5.92 Å². The van der Waals surface area contributed by atoms with Gasteiger partial charge in [-0.3, -0.25) is 4.79 Å². The minimum absolute atomic E-state index is 0.102. The standard InChI is InChI=1S/C31H36FN5O3/c1-37(30(39)40-2)25-14-8-20(9-15-25)16-28(38)34-27-17-26(21-6-4-3-5-7-21)29(36-35-27)22-10-12-23(13-11-22)31(33)18-24(32)19-31/h3-7,10-13,17,20,24-25H,8-9,14-16,18-19,33H2,1-2H3,(H,34,35,38)/t20?,24-,25?,31-. The molecule has 0 bridgehead atoms. The van der Waals surface area contributed by atoms with Gasteiger partial charge in [-0.15, -0.1) is 10.2 Å². The third-order valence-electron chi connectivity index (χ3n) is 8.35. The van der Waals surface area contributed by atoms with Gasteiger partial charge in [-0.2, -0.15) is 0 Å². The fourth-order valence-electron chi connectivity index (χ4n) is 5.92. The smallest absolute Gasteiger partial charge is 0.409 e. The Labute approximate surface area is 234 Å². The summed E-state index contributed by atoms with van der Waals surface area (Å²) in [6.45, 7) is 0. The number of methoxy groups -OCH3 is 1. The van der Waals surface area contributed by atoms with Crippen LogP contribution in [-0.2, 0) is 15.1 Å². The van der Waals surface area contributed by atoms with Gasteiger partial charge in [-0.25, -0.2) is 9.18 Å². The molecule has 0 spiro atoms. The van der Waals surface area contributed by atoms with E-state index in [2.05, 4.69) is 15.5 Å². The zero-order valence-corrected chi connectivity index (χ0v) is 23.0. The first-order valence-electron chi connectivity index (χ1n) is 13.8. The summed E-state index contributed by atoms with van der Waals surface area (Å²) in [4.78, 5) is 26.4. The molecule has 2 aliphatic carbocycles. The Morgan fingerprint density at radius 1 is 1.02 bits per heavy atom. The van der Waals surface area contributed by atoms with E-state index < -0.39 is 11.7 Å². The summed E-state index contributed by atoms with van der Waals surface area (Å²) < 4.78 is 18.3. The maximum Gasteiger partial charge on any atom is 0.409 e. The second-order valence-electron chi connectivity index (χ2n) is 11.1. The minimum atomic E-state index is -0.841. The van der Waals surface area contributed by atoms with E-state index in [-0.39, 0.29) is 24.0 Å². The Balaban J connectivity index is 1.28. The van der Waals surface area contributed by atoms with Crippen molar-refractivity contribution in [3.8, 4) is 22.4 Å². The molecule has 0 aliphatic heterocycles. The van der Waals surface area contributed by atoms with Gasteiger partial charge in [0.1, 0.15) is 11.9 Å². The van der Waals surface area contributed by atoms with Crippen LogP contribution in [0.5, 0.6) is 0 Å². The molecule has 5 rings (SSSR count). The van der Waals surface area contributed by atoms with Crippen molar-refractivity contribution < 1.29 is 18.7 Å². The third-order valence-corrected chi connectivity index (χ3v) is 8.35. The number of hydrogen-bond acceptors (Lipinski definition) is 6. The highest BCUT2D eigenvalue weighted by Crippen LogP contribution is 2.41. The highest BCUT2D eigenvalue weighted by Gasteiger charge is 2.42. The van der Waals surface area contributed by atoms with Crippen LogP contribution in [0.2, 0.25) is 0 Å². The van der Waals surface area contributed by atoms with E-state index in [0.29, 0.717) is 30.8 Å².